The summed E-state index contributed by atoms with van der Waals surface area (Å²) in [4.78, 5) is 0. The summed E-state index contributed by atoms with van der Waals surface area (Å²) in [6.07, 6.45) is 1.73. The fourth-order valence-corrected chi connectivity index (χ4v) is 1.19. The fraction of sp³-hybridized carbons (Fsp3) is 1.00. The van der Waals surface area contributed by atoms with Gasteiger partial charge in [-0.05, 0) is 26.7 Å². The van der Waals surface area contributed by atoms with Crippen molar-refractivity contribution in [2.45, 2.75) is 38.1 Å². The van der Waals surface area contributed by atoms with Crippen molar-refractivity contribution in [1.82, 2.24) is 0 Å². The molecule has 0 spiro atoms. The van der Waals surface area contributed by atoms with Gasteiger partial charge in [-0.2, -0.15) is 0 Å². The number of epoxide rings is 1. The molecule has 0 amide bonds. The molecule has 0 unspecified atom stereocenters. The Bertz CT molecular complexity index is 167. The second-order valence-corrected chi connectivity index (χ2v) is 4.19. The zero-order valence-electron chi connectivity index (χ0n) is 9.21. The van der Waals surface area contributed by atoms with E-state index < -0.39 is 5.79 Å². The van der Waals surface area contributed by atoms with Gasteiger partial charge in [-0.15, -0.1) is 0 Å². The SMILES string of the molecule is COC(C)(C)OCCC[C@@]1(CO)CO1. The first kappa shape index (κ1) is 11.9. The highest BCUT2D eigenvalue weighted by atomic mass is 16.7. The summed E-state index contributed by atoms with van der Waals surface area (Å²) >= 11 is 0. The second kappa shape index (κ2) is 4.57. The summed E-state index contributed by atoms with van der Waals surface area (Å²) in [6, 6.07) is 0. The van der Waals surface area contributed by atoms with Crippen LogP contribution >= 0.6 is 0 Å². The normalized spacial score (nSPS) is 26.6. The minimum absolute atomic E-state index is 0.112. The van der Waals surface area contributed by atoms with Gasteiger partial charge >= 0.3 is 0 Å². The zero-order chi connectivity index (χ0) is 10.7. The highest BCUT2D eigenvalue weighted by Gasteiger charge is 2.43. The maximum atomic E-state index is 8.97. The van der Waals surface area contributed by atoms with Crippen LogP contribution in [0.3, 0.4) is 0 Å². The molecule has 14 heavy (non-hydrogen) atoms. The molecule has 0 aromatic carbocycles. The van der Waals surface area contributed by atoms with E-state index in [0.717, 1.165) is 12.8 Å². The number of hydrogen-bond donors (Lipinski definition) is 1. The summed E-state index contributed by atoms with van der Waals surface area (Å²) in [5.74, 6) is -0.517. The Morgan fingerprint density at radius 1 is 1.50 bits per heavy atom. The van der Waals surface area contributed by atoms with Crippen molar-refractivity contribution < 1.29 is 19.3 Å². The van der Waals surface area contributed by atoms with E-state index >= 15 is 0 Å². The van der Waals surface area contributed by atoms with E-state index in [-0.39, 0.29) is 12.2 Å². The van der Waals surface area contributed by atoms with E-state index in [4.69, 9.17) is 19.3 Å². The van der Waals surface area contributed by atoms with E-state index in [2.05, 4.69) is 0 Å². The van der Waals surface area contributed by atoms with Crippen molar-refractivity contribution in [2.75, 3.05) is 26.9 Å². The van der Waals surface area contributed by atoms with E-state index in [1.165, 1.54) is 0 Å². The molecule has 1 aliphatic heterocycles. The Morgan fingerprint density at radius 3 is 2.57 bits per heavy atom. The van der Waals surface area contributed by atoms with Crippen molar-refractivity contribution in [3.8, 4) is 0 Å². The molecule has 0 radical (unpaired) electrons. The minimum Gasteiger partial charge on any atom is -0.393 e. The standard InChI is InChI=1S/C10H20O4/c1-9(2,12-3)13-6-4-5-10(7-11)8-14-10/h11H,4-8H2,1-3H3/t10-/m1/s1. The van der Waals surface area contributed by atoms with E-state index in [0.29, 0.717) is 13.2 Å². The molecule has 4 heteroatoms. The van der Waals surface area contributed by atoms with Crippen LogP contribution in [0.4, 0.5) is 0 Å². The lowest BCUT2D eigenvalue weighted by molar-refractivity contribution is -0.197. The molecule has 1 N–H and O–H groups in total. The molecular formula is C10H20O4. The third kappa shape index (κ3) is 3.53. The fourth-order valence-electron chi connectivity index (χ4n) is 1.19. The van der Waals surface area contributed by atoms with Crippen molar-refractivity contribution in [3.05, 3.63) is 0 Å². The van der Waals surface area contributed by atoms with Crippen molar-refractivity contribution in [1.29, 1.82) is 0 Å². The van der Waals surface area contributed by atoms with Crippen molar-refractivity contribution in [3.63, 3.8) is 0 Å². The highest BCUT2D eigenvalue weighted by Crippen LogP contribution is 2.31. The number of ether oxygens (including phenoxy) is 3. The van der Waals surface area contributed by atoms with Gasteiger partial charge in [0.1, 0.15) is 5.60 Å². The van der Waals surface area contributed by atoms with Crippen LogP contribution in [0.15, 0.2) is 0 Å². The Kier molecular flexibility index (Phi) is 3.89. The van der Waals surface area contributed by atoms with Crippen LogP contribution in [0, 0.1) is 0 Å². The molecule has 1 atom stereocenters. The summed E-state index contributed by atoms with van der Waals surface area (Å²) < 4.78 is 15.8. The molecule has 1 rings (SSSR count). The van der Waals surface area contributed by atoms with Crippen LogP contribution in [0.1, 0.15) is 26.7 Å². The number of rotatable bonds is 7. The van der Waals surface area contributed by atoms with Crippen LogP contribution in [0.5, 0.6) is 0 Å². The van der Waals surface area contributed by atoms with Crippen LogP contribution < -0.4 is 0 Å². The highest BCUT2D eigenvalue weighted by molar-refractivity contribution is 4.90. The topological polar surface area (TPSA) is 51.2 Å². The lowest BCUT2D eigenvalue weighted by Crippen LogP contribution is -2.27. The second-order valence-electron chi connectivity index (χ2n) is 4.19. The van der Waals surface area contributed by atoms with Gasteiger partial charge in [-0.1, -0.05) is 0 Å². The predicted molar refractivity (Wildman–Crippen MR) is 52.0 cm³/mol. The Morgan fingerprint density at radius 2 is 2.14 bits per heavy atom. The molecule has 0 aliphatic carbocycles. The monoisotopic (exact) mass is 204 g/mol. The lowest BCUT2D eigenvalue weighted by Gasteiger charge is -2.23. The first-order valence-corrected chi connectivity index (χ1v) is 4.97. The van der Waals surface area contributed by atoms with Crippen LogP contribution in [0.25, 0.3) is 0 Å². The third-order valence-electron chi connectivity index (χ3n) is 2.56. The van der Waals surface area contributed by atoms with E-state index in [1.54, 1.807) is 7.11 Å². The van der Waals surface area contributed by atoms with Crippen LogP contribution in [-0.2, 0) is 14.2 Å². The molecule has 0 aromatic heterocycles. The maximum Gasteiger partial charge on any atom is 0.162 e. The van der Waals surface area contributed by atoms with Gasteiger partial charge in [0.05, 0.1) is 19.8 Å². The van der Waals surface area contributed by atoms with Gasteiger partial charge in [-0.3, -0.25) is 0 Å². The van der Waals surface area contributed by atoms with Gasteiger partial charge in [0, 0.05) is 7.11 Å². The summed E-state index contributed by atoms with van der Waals surface area (Å²) in [5, 5.41) is 8.97. The average molecular weight is 204 g/mol. The largest absolute Gasteiger partial charge is 0.393 e. The van der Waals surface area contributed by atoms with Gasteiger partial charge < -0.3 is 19.3 Å². The number of methoxy groups -OCH3 is 1. The molecule has 1 aliphatic rings. The van der Waals surface area contributed by atoms with Gasteiger partial charge in [0.25, 0.3) is 0 Å². The molecule has 84 valence electrons. The van der Waals surface area contributed by atoms with Crippen molar-refractivity contribution >= 4 is 0 Å². The molecular weight excluding hydrogens is 184 g/mol. The molecule has 0 bridgehead atoms. The quantitative estimate of drug-likeness (QED) is 0.381. The number of hydrogen-bond acceptors (Lipinski definition) is 4. The van der Waals surface area contributed by atoms with E-state index in [9.17, 15) is 0 Å². The smallest absolute Gasteiger partial charge is 0.162 e. The molecule has 0 aromatic rings. The van der Waals surface area contributed by atoms with Crippen LogP contribution in [0.2, 0.25) is 0 Å². The minimum atomic E-state index is -0.517. The Balaban J connectivity index is 2.05. The first-order chi connectivity index (χ1) is 6.54. The van der Waals surface area contributed by atoms with Gasteiger partial charge in [-0.25, -0.2) is 0 Å². The third-order valence-corrected chi connectivity index (χ3v) is 2.56. The number of aliphatic hydroxyl groups is 1. The first-order valence-electron chi connectivity index (χ1n) is 4.97. The molecule has 0 saturated carbocycles. The molecule has 1 heterocycles. The lowest BCUT2D eigenvalue weighted by atomic mass is 10.1. The number of aliphatic hydroxyl groups excluding tert-OH is 1. The predicted octanol–water partition coefficient (Wildman–Crippen LogP) is 0.927. The zero-order valence-corrected chi connectivity index (χ0v) is 9.21. The molecule has 1 saturated heterocycles. The average Bonchev–Trinajstić information content (AvgIpc) is 2.94. The summed E-state index contributed by atoms with van der Waals surface area (Å²) in [6.45, 7) is 5.18. The summed E-state index contributed by atoms with van der Waals surface area (Å²) in [7, 11) is 1.62. The molecule has 1 fully saturated rings. The Labute approximate surface area is 85.2 Å². The van der Waals surface area contributed by atoms with Crippen molar-refractivity contribution in [2.24, 2.45) is 0 Å². The van der Waals surface area contributed by atoms with Crippen LogP contribution in [-0.4, -0.2) is 43.4 Å². The van der Waals surface area contributed by atoms with E-state index in [1.807, 2.05) is 13.8 Å². The summed E-state index contributed by atoms with van der Waals surface area (Å²) in [5.41, 5.74) is -0.249. The maximum absolute atomic E-state index is 8.97. The molecule has 4 nitrogen and oxygen atoms in total. The van der Waals surface area contributed by atoms with Gasteiger partial charge in [0.2, 0.25) is 0 Å². The Hall–Kier alpha value is -0.160. The van der Waals surface area contributed by atoms with Gasteiger partial charge in [0.15, 0.2) is 5.79 Å².